The van der Waals surface area contributed by atoms with Crippen molar-refractivity contribution in [1.82, 2.24) is 25.1 Å². The second-order valence-electron chi connectivity index (χ2n) is 11.2. The summed E-state index contributed by atoms with van der Waals surface area (Å²) >= 11 is 1.62. The normalized spacial score (nSPS) is 15.8. The monoisotopic (exact) mass is 593 g/mol. The van der Waals surface area contributed by atoms with Gasteiger partial charge in [0.2, 0.25) is 11.8 Å². The predicted octanol–water partition coefficient (Wildman–Crippen LogP) is 4.18. The molecule has 9 nitrogen and oxygen atoms in total. The van der Waals surface area contributed by atoms with Crippen molar-refractivity contribution in [2.45, 2.75) is 70.7 Å². The molecule has 2 amide bonds. The number of esters is 1. The molecule has 226 valence electrons. The minimum atomic E-state index is -0.696. The fourth-order valence-corrected chi connectivity index (χ4v) is 6.03. The molecule has 0 aliphatic carbocycles. The Bertz CT molecular complexity index is 1310. The van der Waals surface area contributed by atoms with Crippen molar-refractivity contribution in [3.8, 4) is 0 Å². The Morgan fingerprint density at radius 3 is 2.76 bits per heavy atom. The summed E-state index contributed by atoms with van der Waals surface area (Å²) in [5, 5.41) is 5.23. The quantitative estimate of drug-likeness (QED) is 0.255. The van der Waals surface area contributed by atoms with E-state index in [9.17, 15) is 14.4 Å². The van der Waals surface area contributed by atoms with Crippen LogP contribution in [-0.2, 0) is 32.1 Å². The van der Waals surface area contributed by atoms with E-state index in [2.05, 4.69) is 44.5 Å². The zero-order valence-corrected chi connectivity index (χ0v) is 25.7. The van der Waals surface area contributed by atoms with Crippen LogP contribution in [0.4, 0.5) is 0 Å². The lowest BCUT2D eigenvalue weighted by Crippen LogP contribution is -2.49. The molecular formula is C32H43N5O4S. The first-order chi connectivity index (χ1) is 20.3. The number of rotatable bonds is 15. The molecule has 1 aliphatic heterocycles. The molecule has 3 aromatic rings. The number of hydrogen-bond acceptors (Lipinski definition) is 7. The van der Waals surface area contributed by atoms with Crippen molar-refractivity contribution in [3.63, 3.8) is 0 Å². The first-order valence-electron chi connectivity index (χ1n) is 14.8. The molecule has 4 rings (SSSR count). The van der Waals surface area contributed by atoms with Gasteiger partial charge in [0.1, 0.15) is 6.04 Å². The van der Waals surface area contributed by atoms with Crippen LogP contribution in [0.3, 0.4) is 0 Å². The number of aromatic nitrogens is 2. The molecule has 0 saturated carbocycles. The van der Waals surface area contributed by atoms with Gasteiger partial charge in [0.15, 0.2) is 0 Å². The lowest BCUT2D eigenvalue weighted by molar-refractivity contribution is -0.151. The minimum absolute atomic E-state index is 0.0141. The van der Waals surface area contributed by atoms with E-state index in [-0.39, 0.29) is 30.5 Å². The van der Waals surface area contributed by atoms with Crippen molar-refractivity contribution in [1.29, 1.82) is 0 Å². The Hall–Kier alpha value is -3.37. The molecule has 0 spiro atoms. The lowest BCUT2D eigenvalue weighted by Gasteiger charge is -2.31. The maximum atomic E-state index is 13.4. The van der Waals surface area contributed by atoms with Gasteiger partial charge in [-0.1, -0.05) is 42.5 Å². The highest BCUT2D eigenvalue weighted by atomic mass is 32.2. The van der Waals surface area contributed by atoms with Crippen molar-refractivity contribution in [2.24, 2.45) is 0 Å². The van der Waals surface area contributed by atoms with Gasteiger partial charge in [0.05, 0.1) is 19.0 Å². The number of thioether (sulfide) groups is 1. The molecule has 10 heteroatoms. The number of ether oxygens (including phenoxy) is 1. The zero-order chi connectivity index (χ0) is 29.9. The van der Waals surface area contributed by atoms with Gasteiger partial charge in [-0.15, -0.1) is 0 Å². The van der Waals surface area contributed by atoms with E-state index in [1.165, 1.54) is 0 Å². The number of carbonyl (C=O) groups is 3. The number of aromatic amines is 1. The highest BCUT2D eigenvalue weighted by molar-refractivity contribution is 7.98. The molecule has 1 aliphatic rings. The van der Waals surface area contributed by atoms with E-state index in [0.717, 1.165) is 47.2 Å². The fraction of sp³-hybridized carbons (Fsp3) is 0.500. The van der Waals surface area contributed by atoms with E-state index in [1.54, 1.807) is 38.1 Å². The van der Waals surface area contributed by atoms with E-state index in [1.807, 2.05) is 29.4 Å². The molecule has 1 aromatic heterocycles. The number of H-pyrrole nitrogens is 1. The number of aryl methyl sites for hydroxylation is 1. The van der Waals surface area contributed by atoms with Crippen LogP contribution in [0, 0.1) is 0 Å². The number of nitrogens with one attached hydrogen (secondary N) is 2. The largest absolute Gasteiger partial charge is 0.461 e. The number of nitrogens with zero attached hydrogens (tertiary/aromatic N) is 3. The van der Waals surface area contributed by atoms with Crippen LogP contribution >= 0.6 is 11.8 Å². The summed E-state index contributed by atoms with van der Waals surface area (Å²) in [5.74, 6) is 0.223. The van der Waals surface area contributed by atoms with Gasteiger partial charge in [-0.2, -0.15) is 11.8 Å². The molecule has 2 aromatic carbocycles. The number of hydrogen-bond donors (Lipinski definition) is 2. The van der Waals surface area contributed by atoms with Gasteiger partial charge < -0.3 is 19.9 Å². The molecule has 2 atom stereocenters. The van der Waals surface area contributed by atoms with Crippen LogP contribution < -0.4 is 5.32 Å². The molecule has 1 saturated heterocycles. The Morgan fingerprint density at radius 2 is 2.00 bits per heavy atom. The van der Waals surface area contributed by atoms with Gasteiger partial charge in [0.25, 0.3) is 0 Å². The fourth-order valence-electron chi connectivity index (χ4n) is 5.56. The number of likely N-dealkylation sites (tertiary alicyclic amines) is 1. The Balaban J connectivity index is 1.49. The third-order valence-corrected chi connectivity index (χ3v) is 8.20. The molecule has 42 heavy (non-hydrogen) atoms. The predicted molar refractivity (Wildman–Crippen MR) is 167 cm³/mol. The van der Waals surface area contributed by atoms with E-state index in [4.69, 9.17) is 4.74 Å². The number of imidazole rings is 1. The third-order valence-electron chi connectivity index (χ3n) is 7.55. The molecule has 2 N–H and O–H groups in total. The second kappa shape index (κ2) is 15.7. The van der Waals surface area contributed by atoms with Gasteiger partial charge in [-0.05, 0) is 67.9 Å². The molecule has 1 fully saturated rings. The van der Waals surface area contributed by atoms with Crippen molar-refractivity contribution in [2.75, 3.05) is 31.6 Å². The average Bonchev–Trinajstić information content (AvgIpc) is 3.66. The maximum absolute atomic E-state index is 13.4. The van der Waals surface area contributed by atoms with E-state index in [0.29, 0.717) is 32.4 Å². The van der Waals surface area contributed by atoms with Crippen molar-refractivity contribution < 1.29 is 19.1 Å². The Kier molecular flexibility index (Phi) is 11.8. The van der Waals surface area contributed by atoms with Crippen LogP contribution in [0.5, 0.6) is 0 Å². The molecule has 2 heterocycles. The van der Waals surface area contributed by atoms with Gasteiger partial charge >= 0.3 is 5.97 Å². The van der Waals surface area contributed by atoms with Crippen LogP contribution in [-0.4, -0.2) is 87.4 Å². The summed E-state index contributed by atoms with van der Waals surface area (Å²) < 4.78 is 5.43. The summed E-state index contributed by atoms with van der Waals surface area (Å²) in [7, 11) is 0. The van der Waals surface area contributed by atoms with Gasteiger partial charge in [-0.3, -0.25) is 14.5 Å². The lowest BCUT2D eigenvalue weighted by atomic mass is 10.0. The summed E-state index contributed by atoms with van der Waals surface area (Å²) in [5.41, 5.74) is 2.06. The molecule has 0 unspecified atom stereocenters. The summed E-state index contributed by atoms with van der Waals surface area (Å²) in [6.07, 6.45) is 8.46. The van der Waals surface area contributed by atoms with Crippen molar-refractivity contribution >= 4 is 40.3 Å². The highest BCUT2D eigenvalue weighted by Crippen LogP contribution is 2.23. The zero-order valence-electron chi connectivity index (χ0n) is 24.9. The van der Waals surface area contributed by atoms with E-state index >= 15 is 0 Å². The minimum Gasteiger partial charge on any atom is -0.461 e. The first-order valence-corrected chi connectivity index (χ1v) is 16.2. The van der Waals surface area contributed by atoms with Crippen LogP contribution in [0.2, 0.25) is 0 Å². The third kappa shape index (κ3) is 9.06. The molecule has 0 bridgehead atoms. The topological polar surface area (TPSA) is 108 Å². The number of carbonyl (C=O) groups excluding carboxylic acids is 3. The van der Waals surface area contributed by atoms with Crippen LogP contribution in [0.15, 0.2) is 55.0 Å². The maximum Gasteiger partial charge on any atom is 0.328 e. The Labute approximate surface area is 252 Å². The van der Waals surface area contributed by atoms with Crippen LogP contribution in [0.1, 0.15) is 50.8 Å². The highest BCUT2D eigenvalue weighted by Gasteiger charge is 2.31. The number of fused-ring (bicyclic) bond motifs is 1. The van der Waals surface area contributed by atoms with E-state index < -0.39 is 12.0 Å². The standard InChI is InChI=1S/C32H43N5O4S/c1-23(2)41-32(40)29(15-17-42-3)35-30(38)21-36(19-25-10-6-9-24-8-4-5-12-28(24)25)20-27-11-7-16-37(27)31(39)14-13-26-18-33-22-34-26/h4-6,8-10,12,18,22-23,27,29H,7,11,13-17,19-21H2,1-3H3,(H,33,34)(H,35,38)/t27-,29-/m0/s1. The summed E-state index contributed by atoms with van der Waals surface area (Å²) in [4.78, 5) is 50.6. The van der Waals surface area contributed by atoms with Crippen LogP contribution in [0.25, 0.3) is 10.8 Å². The number of amides is 2. The summed E-state index contributed by atoms with van der Waals surface area (Å²) in [6, 6.07) is 13.8. The Morgan fingerprint density at radius 1 is 1.19 bits per heavy atom. The SMILES string of the molecule is CSCC[C@H](NC(=O)CN(Cc1cccc2ccccc12)C[C@@H]1CCCN1C(=O)CCc1cnc[nH]1)C(=O)OC(C)C. The first kappa shape index (κ1) is 31.6. The molecular weight excluding hydrogens is 550 g/mol. The summed E-state index contributed by atoms with van der Waals surface area (Å²) in [6.45, 7) is 5.56. The van der Waals surface area contributed by atoms with Gasteiger partial charge in [0, 0.05) is 44.0 Å². The van der Waals surface area contributed by atoms with Gasteiger partial charge in [-0.25, -0.2) is 9.78 Å². The molecule has 0 radical (unpaired) electrons. The van der Waals surface area contributed by atoms with Crippen molar-refractivity contribution in [3.05, 3.63) is 66.2 Å². The number of benzene rings is 2. The average molecular weight is 594 g/mol. The smallest absolute Gasteiger partial charge is 0.328 e. The second-order valence-corrected chi connectivity index (χ2v) is 12.1.